The molecular formula is C21H23N3O4. The Kier molecular flexibility index (Phi) is 6.18. The summed E-state index contributed by atoms with van der Waals surface area (Å²) in [6, 6.07) is 16.2. The van der Waals surface area contributed by atoms with Crippen LogP contribution in [0.15, 0.2) is 59.7 Å². The zero-order valence-corrected chi connectivity index (χ0v) is 15.9. The van der Waals surface area contributed by atoms with Gasteiger partial charge in [0, 0.05) is 11.3 Å². The van der Waals surface area contributed by atoms with Crippen LogP contribution in [-0.2, 0) is 14.3 Å². The molecule has 2 N–H and O–H groups in total. The molecule has 0 unspecified atom stereocenters. The molecule has 0 bridgehead atoms. The Morgan fingerprint density at radius 3 is 2.29 bits per heavy atom. The van der Waals surface area contributed by atoms with Gasteiger partial charge in [-0.05, 0) is 43.7 Å². The number of hydrazone groups is 1. The monoisotopic (exact) mass is 381 g/mol. The maximum absolute atomic E-state index is 12.2. The van der Waals surface area contributed by atoms with E-state index in [2.05, 4.69) is 15.8 Å². The number of benzene rings is 2. The van der Waals surface area contributed by atoms with Gasteiger partial charge in [-0.25, -0.2) is 5.43 Å². The Bertz CT molecular complexity index is 857. The average Bonchev–Trinajstić information content (AvgIpc) is 3.13. The van der Waals surface area contributed by atoms with E-state index in [0.717, 1.165) is 5.56 Å². The summed E-state index contributed by atoms with van der Waals surface area (Å²) in [6.07, 6.45) is 0.0776. The SMILES string of the molecule is C/C(=N\NC(=O)CC1(C)OCCO1)c1ccc(NC(=O)c2ccccc2)cc1. The number of nitrogens with one attached hydrogen (secondary N) is 2. The first-order valence-corrected chi connectivity index (χ1v) is 9.03. The quantitative estimate of drug-likeness (QED) is 0.595. The van der Waals surface area contributed by atoms with Crippen LogP contribution in [0.4, 0.5) is 5.69 Å². The predicted octanol–water partition coefficient (Wildman–Crippen LogP) is 2.93. The van der Waals surface area contributed by atoms with Gasteiger partial charge >= 0.3 is 0 Å². The van der Waals surface area contributed by atoms with E-state index in [-0.39, 0.29) is 18.2 Å². The molecule has 2 amide bonds. The molecular weight excluding hydrogens is 358 g/mol. The van der Waals surface area contributed by atoms with Crippen LogP contribution in [0.2, 0.25) is 0 Å². The Morgan fingerprint density at radius 2 is 1.64 bits per heavy atom. The van der Waals surface area contributed by atoms with Crippen molar-refractivity contribution in [2.75, 3.05) is 18.5 Å². The van der Waals surface area contributed by atoms with Crippen molar-refractivity contribution >= 4 is 23.2 Å². The fourth-order valence-corrected chi connectivity index (χ4v) is 2.79. The molecule has 2 aromatic carbocycles. The second kappa shape index (κ2) is 8.77. The number of amides is 2. The molecule has 146 valence electrons. The number of ether oxygens (including phenoxy) is 2. The summed E-state index contributed by atoms with van der Waals surface area (Å²) in [5, 5.41) is 6.97. The number of nitrogens with zero attached hydrogens (tertiary/aromatic N) is 1. The molecule has 0 aromatic heterocycles. The molecule has 28 heavy (non-hydrogen) atoms. The number of anilines is 1. The first-order chi connectivity index (χ1) is 13.5. The normalized spacial score (nSPS) is 15.9. The van der Waals surface area contributed by atoms with Gasteiger partial charge in [0.1, 0.15) is 0 Å². The van der Waals surface area contributed by atoms with Crippen LogP contribution in [0.1, 0.15) is 36.2 Å². The van der Waals surface area contributed by atoms with E-state index in [9.17, 15) is 9.59 Å². The van der Waals surface area contributed by atoms with Gasteiger partial charge in [-0.2, -0.15) is 5.10 Å². The smallest absolute Gasteiger partial charge is 0.255 e. The molecule has 2 aromatic rings. The topological polar surface area (TPSA) is 89.0 Å². The van der Waals surface area contributed by atoms with Gasteiger partial charge in [0.25, 0.3) is 5.91 Å². The lowest BCUT2D eigenvalue weighted by atomic mass is 10.1. The third-order valence-corrected chi connectivity index (χ3v) is 4.32. The van der Waals surface area contributed by atoms with Crippen LogP contribution in [-0.4, -0.2) is 36.5 Å². The molecule has 1 saturated heterocycles. The van der Waals surface area contributed by atoms with E-state index in [1.807, 2.05) is 30.3 Å². The lowest BCUT2D eigenvalue weighted by Crippen LogP contribution is -2.33. The summed E-state index contributed by atoms with van der Waals surface area (Å²) in [5.74, 6) is -1.34. The Hall–Kier alpha value is -3.03. The number of rotatable bonds is 6. The molecule has 0 saturated carbocycles. The van der Waals surface area contributed by atoms with Crippen molar-refractivity contribution in [2.24, 2.45) is 5.10 Å². The van der Waals surface area contributed by atoms with Crippen molar-refractivity contribution in [3.63, 3.8) is 0 Å². The van der Waals surface area contributed by atoms with Gasteiger partial charge in [0.2, 0.25) is 5.91 Å². The fourth-order valence-electron chi connectivity index (χ4n) is 2.79. The standard InChI is InChI=1S/C21H23N3O4/c1-15(23-24-19(25)14-21(2)27-12-13-28-21)16-8-10-18(11-9-16)22-20(26)17-6-4-3-5-7-17/h3-11H,12-14H2,1-2H3,(H,22,26)(H,24,25)/b23-15+. The van der Waals surface area contributed by atoms with E-state index >= 15 is 0 Å². The number of carbonyl (C=O) groups is 2. The van der Waals surface area contributed by atoms with Crippen molar-refractivity contribution in [2.45, 2.75) is 26.1 Å². The highest BCUT2D eigenvalue weighted by atomic mass is 16.7. The van der Waals surface area contributed by atoms with Crippen molar-refractivity contribution in [1.82, 2.24) is 5.43 Å². The highest BCUT2D eigenvalue weighted by Gasteiger charge is 2.33. The van der Waals surface area contributed by atoms with Crippen LogP contribution in [0.25, 0.3) is 0 Å². The second-order valence-electron chi connectivity index (χ2n) is 6.64. The zero-order valence-electron chi connectivity index (χ0n) is 15.9. The third-order valence-electron chi connectivity index (χ3n) is 4.32. The van der Waals surface area contributed by atoms with Gasteiger partial charge < -0.3 is 14.8 Å². The highest BCUT2D eigenvalue weighted by Crippen LogP contribution is 2.22. The first-order valence-electron chi connectivity index (χ1n) is 9.03. The van der Waals surface area contributed by atoms with Crippen molar-refractivity contribution < 1.29 is 19.1 Å². The van der Waals surface area contributed by atoms with Crippen LogP contribution in [0.3, 0.4) is 0 Å². The summed E-state index contributed by atoms with van der Waals surface area (Å²) in [5.41, 5.74) is 5.27. The Morgan fingerprint density at radius 1 is 1.00 bits per heavy atom. The lowest BCUT2D eigenvalue weighted by Gasteiger charge is -2.20. The Labute approximate surface area is 163 Å². The van der Waals surface area contributed by atoms with E-state index in [0.29, 0.717) is 30.2 Å². The maximum Gasteiger partial charge on any atom is 0.255 e. The summed E-state index contributed by atoms with van der Waals surface area (Å²) in [6.45, 7) is 4.50. The number of carbonyl (C=O) groups excluding carboxylic acids is 2. The maximum atomic E-state index is 12.2. The molecule has 0 radical (unpaired) electrons. The predicted molar refractivity (Wildman–Crippen MR) is 106 cm³/mol. The highest BCUT2D eigenvalue weighted by molar-refractivity contribution is 6.05. The fraction of sp³-hybridized carbons (Fsp3) is 0.286. The summed E-state index contributed by atoms with van der Waals surface area (Å²) >= 11 is 0. The minimum absolute atomic E-state index is 0.0776. The molecule has 3 rings (SSSR count). The molecule has 1 heterocycles. The van der Waals surface area contributed by atoms with Crippen LogP contribution < -0.4 is 10.7 Å². The minimum atomic E-state index is -0.883. The van der Waals surface area contributed by atoms with E-state index < -0.39 is 5.79 Å². The third kappa shape index (κ3) is 5.25. The van der Waals surface area contributed by atoms with Crippen molar-refractivity contribution in [3.05, 3.63) is 65.7 Å². The number of hydrogen-bond acceptors (Lipinski definition) is 5. The van der Waals surface area contributed by atoms with E-state index in [1.54, 1.807) is 38.1 Å². The largest absolute Gasteiger partial charge is 0.347 e. The minimum Gasteiger partial charge on any atom is -0.347 e. The first kappa shape index (κ1) is 19.7. The van der Waals surface area contributed by atoms with Gasteiger partial charge in [-0.15, -0.1) is 0 Å². The van der Waals surface area contributed by atoms with Crippen molar-refractivity contribution in [1.29, 1.82) is 0 Å². The van der Waals surface area contributed by atoms with E-state index in [4.69, 9.17) is 9.47 Å². The van der Waals surface area contributed by atoms with Crippen LogP contribution >= 0.6 is 0 Å². The van der Waals surface area contributed by atoms with Crippen molar-refractivity contribution in [3.8, 4) is 0 Å². The summed E-state index contributed by atoms with van der Waals surface area (Å²) in [7, 11) is 0. The van der Waals surface area contributed by atoms with Gasteiger partial charge in [-0.1, -0.05) is 30.3 Å². The summed E-state index contributed by atoms with van der Waals surface area (Å²) < 4.78 is 10.8. The lowest BCUT2D eigenvalue weighted by molar-refractivity contribution is -0.159. The molecule has 1 aliphatic rings. The molecule has 1 fully saturated rings. The van der Waals surface area contributed by atoms with Crippen LogP contribution in [0.5, 0.6) is 0 Å². The molecule has 7 heteroatoms. The molecule has 0 spiro atoms. The van der Waals surface area contributed by atoms with E-state index in [1.165, 1.54) is 0 Å². The molecule has 0 aliphatic carbocycles. The van der Waals surface area contributed by atoms with Gasteiger partial charge in [-0.3, -0.25) is 9.59 Å². The molecule has 0 atom stereocenters. The van der Waals surface area contributed by atoms with Gasteiger partial charge in [0.15, 0.2) is 5.79 Å². The van der Waals surface area contributed by atoms with Gasteiger partial charge in [0.05, 0.1) is 25.3 Å². The molecule has 7 nitrogen and oxygen atoms in total. The Balaban J connectivity index is 1.55. The average molecular weight is 381 g/mol. The molecule has 1 aliphatic heterocycles. The number of hydrogen-bond donors (Lipinski definition) is 2. The second-order valence-corrected chi connectivity index (χ2v) is 6.64. The zero-order chi connectivity index (χ0) is 20.0. The van der Waals surface area contributed by atoms with Crippen LogP contribution in [0, 0.1) is 0 Å². The summed E-state index contributed by atoms with van der Waals surface area (Å²) in [4.78, 5) is 24.2.